The van der Waals surface area contributed by atoms with Crippen LogP contribution in [-0.2, 0) is 0 Å². The molecule has 1 atom stereocenters. The fourth-order valence-electron chi connectivity index (χ4n) is 3.14. The molecule has 0 amide bonds. The van der Waals surface area contributed by atoms with E-state index in [1.807, 2.05) is 6.07 Å². The Morgan fingerprint density at radius 1 is 1.00 bits per heavy atom. The van der Waals surface area contributed by atoms with Gasteiger partial charge in [-0.25, -0.2) is 8.78 Å². The maximum absolute atomic E-state index is 14.5. The highest BCUT2D eigenvalue weighted by atomic mass is 35.5. The summed E-state index contributed by atoms with van der Waals surface area (Å²) in [5.74, 6) is -1.17. The summed E-state index contributed by atoms with van der Waals surface area (Å²) in [5.41, 5.74) is 1.14. The summed E-state index contributed by atoms with van der Waals surface area (Å²) in [6.45, 7) is 3.25. The SMILES string of the molecule is Fc1ccc(C(c2cccc(Cl)c2Cl)N2CCCNCC2)c(F)c1. The van der Waals surface area contributed by atoms with E-state index >= 15 is 0 Å². The Hall–Kier alpha value is -1.20. The minimum Gasteiger partial charge on any atom is -0.315 e. The molecule has 6 heteroatoms. The van der Waals surface area contributed by atoms with Gasteiger partial charge in [-0.05, 0) is 30.7 Å². The van der Waals surface area contributed by atoms with Crippen molar-refractivity contribution in [2.24, 2.45) is 0 Å². The van der Waals surface area contributed by atoms with Crippen molar-refractivity contribution < 1.29 is 8.78 Å². The predicted octanol–water partition coefficient (Wildman–Crippen LogP) is 4.66. The van der Waals surface area contributed by atoms with Crippen LogP contribution in [0.2, 0.25) is 10.0 Å². The topological polar surface area (TPSA) is 15.3 Å². The van der Waals surface area contributed by atoms with Gasteiger partial charge in [-0.15, -0.1) is 0 Å². The van der Waals surface area contributed by atoms with Crippen molar-refractivity contribution in [1.29, 1.82) is 0 Å². The van der Waals surface area contributed by atoms with E-state index in [9.17, 15) is 8.78 Å². The first-order valence-corrected chi connectivity index (χ1v) is 8.67. The van der Waals surface area contributed by atoms with Crippen molar-refractivity contribution in [3.8, 4) is 0 Å². The summed E-state index contributed by atoms with van der Waals surface area (Å²) in [6.07, 6.45) is 0.942. The van der Waals surface area contributed by atoms with E-state index in [1.54, 1.807) is 12.1 Å². The zero-order valence-corrected chi connectivity index (χ0v) is 14.5. The Kier molecular flexibility index (Phi) is 5.72. The Balaban J connectivity index is 2.11. The minimum atomic E-state index is -0.593. The second-order valence-corrected chi connectivity index (χ2v) is 6.64. The first kappa shape index (κ1) is 17.6. The third-order valence-electron chi connectivity index (χ3n) is 4.27. The van der Waals surface area contributed by atoms with Crippen LogP contribution < -0.4 is 5.32 Å². The molecule has 0 bridgehead atoms. The van der Waals surface area contributed by atoms with Crippen LogP contribution in [0.25, 0.3) is 0 Å². The van der Waals surface area contributed by atoms with Gasteiger partial charge in [0.1, 0.15) is 11.6 Å². The highest BCUT2D eigenvalue weighted by Crippen LogP contribution is 2.38. The standard InChI is InChI=1S/C18H18Cl2F2N2/c19-15-4-1-3-14(17(15)20)18(24-9-2-7-23-8-10-24)13-6-5-12(21)11-16(13)22/h1,3-6,11,18,23H,2,7-10H2. The second-order valence-electron chi connectivity index (χ2n) is 5.85. The third kappa shape index (κ3) is 3.72. The molecule has 3 rings (SSSR count). The van der Waals surface area contributed by atoms with E-state index in [0.29, 0.717) is 15.6 Å². The molecular weight excluding hydrogens is 353 g/mol. The van der Waals surface area contributed by atoms with Gasteiger partial charge in [0, 0.05) is 31.3 Å². The van der Waals surface area contributed by atoms with Gasteiger partial charge in [0.25, 0.3) is 0 Å². The van der Waals surface area contributed by atoms with E-state index < -0.39 is 17.7 Å². The molecule has 1 saturated heterocycles. The summed E-state index contributed by atoms with van der Waals surface area (Å²) >= 11 is 12.6. The predicted molar refractivity (Wildman–Crippen MR) is 93.7 cm³/mol. The van der Waals surface area contributed by atoms with Gasteiger partial charge < -0.3 is 5.32 Å². The van der Waals surface area contributed by atoms with Gasteiger partial charge in [0.2, 0.25) is 0 Å². The molecule has 1 aliphatic rings. The second kappa shape index (κ2) is 7.79. The number of nitrogens with zero attached hydrogens (tertiary/aromatic N) is 1. The lowest BCUT2D eigenvalue weighted by molar-refractivity contribution is 0.236. The molecule has 1 N–H and O–H groups in total. The number of hydrogen-bond donors (Lipinski definition) is 1. The molecule has 2 nitrogen and oxygen atoms in total. The molecule has 0 spiro atoms. The molecule has 2 aromatic rings. The van der Waals surface area contributed by atoms with E-state index in [0.717, 1.165) is 44.2 Å². The summed E-state index contributed by atoms with van der Waals surface area (Å²) < 4.78 is 27.9. The van der Waals surface area contributed by atoms with Crippen molar-refractivity contribution in [2.45, 2.75) is 12.5 Å². The fraction of sp³-hybridized carbons (Fsp3) is 0.333. The van der Waals surface area contributed by atoms with Crippen LogP contribution in [0, 0.1) is 11.6 Å². The van der Waals surface area contributed by atoms with Crippen LogP contribution in [0.3, 0.4) is 0 Å². The molecule has 1 aliphatic heterocycles. The summed E-state index contributed by atoms with van der Waals surface area (Å²) in [7, 11) is 0. The molecule has 2 aromatic carbocycles. The molecular formula is C18H18Cl2F2N2. The Labute approximate surface area is 150 Å². The number of nitrogens with one attached hydrogen (secondary N) is 1. The minimum absolute atomic E-state index is 0.405. The molecule has 1 fully saturated rings. The number of benzene rings is 2. The van der Waals surface area contributed by atoms with Crippen molar-refractivity contribution >= 4 is 23.2 Å². The molecule has 1 heterocycles. The lowest BCUT2D eigenvalue weighted by atomic mass is 9.96. The monoisotopic (exact) mass is 370 g/mol. The summed E-state index contributed by atoms with van der Waals surface area (Å²) in [5, 5.41) is 4.16. The highest BCUT2D eigenvalue weighted by Gasteiger charge is 2.28. The van der Waals surface area contributed by atoms with Gasteiger partial charge in [0.15, 0.2) is 0 Å². The molecule has 0 radical (unpaired) electrons. The Bertz CT molecular complexity index is 716. The lowest BCUT2D eigenvalue weighted by Crippen LogP contribution is -2.33. The van der Waals surface area contributed by atoms with Gasteiger partial charge in [-0.2, -0.15) is 0 Å². The quantitative estimate of drug-likeness (QED) is 0.845. The molecule has 24 heavy (non-hydrogen) atoms. The summed E-state index contributed by atoms with van der Waals surface area (Å²) in [4.78, 5) is 2.16. The van der Waals surface area contributed by atoms with Gasteiger partial charge in [-0.3, -0.25) is 4.90 Å². The van der Waals surface area contributed by atoms with E-state index in [2.05, 4.69) is 10.2 Å². The molecule has 0 saturated carbocycles. The van der Waals surface area contributed by atoms with Crippen molar-refractivity contribution in [1.82, 2.24) is 10.2 Å². The van der Waals surface area contributed by atoms with Crippen LogP contribution in [0.4, 0.5) is 8.78 Å². The normalized spacial score (nSPS) is 17.5. The van der Waals surface area contributed by atoms with Crippen molar-refractivity contribution in [3.05, 3.63) is 69.2 Å². The van der Waals surface area contributed by atoms with Crippen molar-refractivity contribution in [3.63, 3.8) is 0 Å². The van der Waals surface area contributed by atoms with Crippen LogP contribution in [0.15, 0.2) is 36.4 Å². The van der Waals surface area contributed by atoms with E-state index in [-0.39, 0.29) is 0 Å². The molecule has 0 aliphatic carbocycles. The highest BCUT2D eigenvalue weighted by molar-refractivity contribution is 6.42. The fourth-order valence-corrected chi connectivity index (χ4v) is 3.55. The largest absolute Gasteiger partial charge is 0.315 e. The van der Waals surface area contributed by atoms with Crippen LogP contribution in [0.1, 0.15) is 23.6 Å². The number of hydrogen-bond acceptors (Lipinski definition) is 2. The number of rotatable bonds is 3. The average molecular weight is 371 g/mol. The third-order valence-corrected chi connectivity index (χ3v) is 5.11. The Morgan fingerprint density at radius 3 is 2.62 bits per heavy atom. The van der Waals surface area contributed by atoms with Crippen LogP contribution >= 0.6 is 23.2 Å². The van der Waals surface area contributed by atoms with E-state index in [4.69, 9.17) is 23.2 Å². The Morgan fingerprint density at radius 2 is 1.83 bits per heavy atom. The summed E-state index contributed by atoms with van der Waals surface area (Å²) in [6, 6.07) is 8.63. The maximum atomic E-state index is 14.5. The molecule has 1 unspecified atom stereocenters. The van der Waals surface area contributed by atoms with Crippen molar-refractivity contribution in [2.75, 3.05) is 26.2 Å². The lowest BCUT2D eigenvalue weighted by Gasteiger charge is -2.32. The van der Waals surface area contributed by atoms with E-state index in [1.165, 1.54) is 12.1 Å². The zero-order chi connectivity index (χ0) is 17.1. The molecule has 0 aromatic heterocycles. The van der Waals surface area contributed by atoms with Gasteiger partial charge in [-0.1, -0.05) is 41.4 Å². The first-order chi connectivity index (χ1) is 11.6. The smallest absolute Gasteiger partial charge is 0.131 e. The maximum Gasteiger partial charge on any atom is 0.131 e. The number of halogens is 4. The van der Waals surface area contributed by atoms with Gasteiger partial charge in [0.05, 0.1) is 16.1 Å². The molecule has 128 valence electrons. The van der Waals surface area contributed by atoms with Gasteiger partial charge >= 0.3 is 0 Å². The first-order valence-electron chi connectivity index (χ1n) is 7.91. The zero-order valence-electron chi connectivity index (χ0n) is 13.0. The average Bonchev–Trinajstić information content (AvgIpc) is 2.83. The van der Waals surface area contributed by atoms with Crippen LogP contribution in [-0.4, -0.2) is 31.1 Å². The van der Waals surface area contributed by atoms with Crippen LogP contribution in [0.5, 0.6) is 0 Å².